The second-order valence-corrected chi connectivity index (χ2v) is 8.56. The van der Waals surface area contributed by atoms with Crippen molar-refractivity contribution in [3.63, 3.8) is 0 Å². The molecule has 0 N–H and O–H groups in total. The van der Waals surface area contributed by atoms with Crippen molar-refractivity contribution in [2.75, 3.05) is 39.6 Å². The molecule has 0 bridgehead atoms. The largest absolute Gasteiger partial charge is 0.490 e. The van der Waals surface area contributed by atoms with Crippen molar-refractivity contribution < 1.29 is 28.5 Å². The van der Waals surface area contributed by atoms with Gasteiger partial charge in [0.2, 0.25) is 0 Å². The number of carbonyl (C=O) groups excluding carboxylic acids is 2. The van der Waals surface area contributed by atoms with Crippen LogP contribution in [-0.4, -0.2) is 62.4 Å². The number of hydrogen-bond acceptors (Lipinski definition) is 6. The van der Waals surface area contributed by atoms with Crippen molar-refractivity contribution in [3.8, 4) is 5.75 Å². The van der Waals surface area contributed by atoms with Gasteiger partial charge >= 0.3 is 0 Å². The van der Waals surface area contributed by atoms with Gasteiger partial charge in [-0.2, -0.15) is 0 Å². The van der Waals surface area contributed by atoms with E-state index in [2.05, 4.69) is 0 Å². The number of carbonyl (C=O) groups is 2. The van der Waals surface area contributed by atoms with E-state index in [0.717, 1.165) is 31.2 Å². The number of rotatable bonds is 13. The Hall–Kier alpha value is -2.74. The van der Waals surface area contributed by atoms with Gasteiger partial charge in [0.05, 0.1) is 50.8 Å². The van der Waals surface area contributed by atoms with Crippen LogP contribution in [0.25, 0.3) is 0 Å². The Morgan fingerprint density at radius 1 is 0.706 bits per heavy atom. The maximum atomic E-state index is 13.1. The van der Waals surface area contributed by atoms with Crippen molar-refractivity contribution in [3.05, 3.63) is 65.2 Å². The summed E-state index contributed by atoms with van der Waals surface area (Å²) in [5.74, 6) is 0.0226. The fourth-order valence-corrected chi connectivity index (χ4v) is 4.48. The summed E-state index contributed by atoms with van der Waals surface area (Å²) in [6, 6.07) is 15.2. The Bertz CT molecular complexity index is 941. The van der Waals surface area contributed by atoms with E-state index >= 15 is 0 Å². The molecule has 34 heavy (non-hydrogen) atoms. The van der Waals surface area contributed by atoms with E-state index in [0.29, 0.717) is 63.1 Å². The molecule has 0 aromatic heterocycles. The molecule has 2 aromatic carbocycles. The third-order valence-electron chi connectivity index (χ3n) is 6.19. The van der Waals surface area contributed by atoms with Gasteiger partial charge in [0.15, 0.2) is 0 Å². The molecule has 2 aromatic rings. The Balaban J connectivity index is 1.12. The molecule has 0 saturated heterocycles. The molecule has 4 rings (SSSR count). The van der Waals surface area contributed by atoms with Crippen LogP contribution >= 0.6 is 0 Å². The van der Waals surface area contributed by atoms with E-state index in [1.807, 2.05) is 30.3 Å². The second-order valence-electron chi connectivity index (χ2n) is 8.56. The molecule has 0 spiro atoms. The topological polar surface area (TPSA) is 74.3 Å². The maximum Gasteiger partial charge on any atom is 0.265 e. The van der Waals surface area contributed by atoms with E-state index in [1.54, 1.807) is 18.2 Å². The van der Waals surface area contributed by atoms with Crippen molar-refractivity contribution in [1.29, 1.82) is 0 Å². The van der Waals surface area contributed by atoms with Gasteiger partial charge in [-0.15, -0.1) is 0 Å². The van der Waals surface area contributed by atoms with Crippen LogP contribution in [0.4, 0.5) is 0 Å². The summed E-state index contributed by atoms with van der Waals surface area (Å²) in [5, 5.41) is 0. The first kappa shape index (κ1) is 24.4. The Morgan fingerprint density at radius 2 is 1.38 bits per heavy atom. The lowest BCUT2D eigenvalue weighted by molar-refractivity contribution is 0.00592. The van der Waals surface area contributed by atoms with E-state index in [-0.39, 0.29) is 17.9 Å². The summed E-state index contributed by atoms with van der Waals surface area (Å²) >= 11 is 0. The molecule has 1 saturated carbocycles. The first-order valence-electron chi connectivity index (χ1n) is 12.2. The average Bonchev–Trinajstić information content (AvgIpc) is 3.14. The van der Waals surface area contributed by atoms with Crippen LogP contribution in [0.1, 0.15) is 58.4 Å². The quantitative estimate of drug-likeness (QED) is 0.324. The number of amides is 2. The summed E-state index contributed by atoms with van der Waals surface area (Å²) in [5.41, 5.74) is 1.97. The van der Waals surface area contributed by atoms with Gasteiger partial charge in [-0.05, 0) is 30.5 Å². The molecule has 1 heterocycles. The summed E-state index contributed by atoms with van der Waals surface area (Å²) in [7, 11) is 0. The molecule has 7 heteroatoms. The van der Waals surface area contributed by atoms with Gasteiger partial charge in [-0.1, -0.05) is 55.7 Å². The van der Waals surface area contributed by atoms with Gasteiger partial charge in [0.25, 0.3) is 11.8 Å². The lowest BCUT2D eigenvalue weighted by atomic mass is 9.94. The zero-order chi connectivity index (χ0) is 23.6. The van der Waals surface area contributed by atoms with Crippen LogP contribution in [0, 0.1) is 0 Å². The smallest absolute Gasteiger partial charge is 0.265 e. The van der Waals surface area contributed by atoms with Gasteiger partial charge in [0, 0.05) is 6.04 Å². The highest BCUT2D eigenvalue weighted by atomic mass is 16.6. The maximum absolute atomic E-state index is 13.1. The fourth-order valence-electron chi connectivity index (χ4n) is 4.48. The molecular weight excluding hydrogens is 434 g/mol. The minimum atomic E-state index is -0.230. The molecule has 182 valence electrons. The van der Waals surface area contributed by atoms with Crippen molar-refractivity contribution in [2.24, 2.45) is 0 Å². The summed E-state index contributed by atoms with van der Waals surface area (Å²) in [4.78, 5) is 27.4. The molecule has 0 atom stereocenters. The predicted molar refractivity (Wildman–Crippen MR) is 127 cm³/mol. The second kappa shape index (κ2) is 12.6. The van der Waals surface area contributed by atoms with E-state index in [4.69, 9.17) is 18.9 Å². The van der Waals surface area contributed by atoms with Crippen LogP contribution in [-0.2, 0) is 20.8 Å². The highest BCUT2D eigenvalue weighted by molar-refractivity contribution is 6.22. The minimum absolute atomic E-state index is 0.000993. The number of ether oxygens (including phenoxy) is 4. The Morgan fingerprint density at radius 3 is 2.12 bits per heavy atom. The van der Waals surface area contributed by atoms with Gasteiger partial charge in [0.1, 0.15) is 12.4 Å². The SMILES string of the molecule is O=C1c2cccc(OCCOCCOCCOCc3ccccc3)c2C(=O)N1C1CCCCC1. The van der Waals surface area contributed by atoms with Crippen LogP contribution in [0.15, 0.2) is 48.5 Å². The van der Waals surface area contributed by atoms with Gasteiger partial charge in [-0.25, -0.2) is 0 Å². The fraction of sp³-hybridized carbons (Fsp3) is 0.481. The van der Waals surface area contributed by atoms with Crippen molar-refractivity contribution in [1.82, 2.24) is 4.90 Å². The molecule has 2 amide bonds. The van der Waals surface area contributed by atoms with E-state index in [9.17, 15) is 9.59 Å². The lowest BCUT2D eigenvalue weighted by Crippen LogP contribution is -2.40. The lowest BCUT2D eigenvalue weighted by Gasteiger charge is -2.29. The third-order valence-corrected chi connectivity index (χ3v) is 6.19. The standard InChI is InChI=1S/C27H33NO6/c29-26-23-12-7-13-24(25(23)27(30)28(26)22-10-5-2-6-11-22)34-19-18-32-15-14-31-16-17-33-20-21-8-3-1-4-9-21/h1,3-4,7-9,12-13,22H,2,5-6,10-11,14-20H2. The number of benzene rings is 2. The minimum Gasteiger partial charge on any atom is -0.490 e. The van der Waals surface area contributed by atoms with Gasteiger partial charge < -0.3 is 18.9 Å². The Kier molecular flexibility index (Phi) is 9.07. The third kappa shape index (κ3) is 6.23. The normalized spacial score (nSPS) is 16.2. The summed E-state index contributed by atoms with van der Waals surface area (Å²) in [6.45, 7) is 3.19. The zero-order valence-electron chi connectivity index (χ0n) is 19.6. The van der Waals surface area contributed by atoms with E-state index < -0.39 is 0 Å². The van der Waals surface area contributed by atoms with Crippen LogP contribution < -0.4 is 4.74 Å². The molecule has 2 aliphatic rings. The molecule has 1 aliphatic heterocycles. The summed E-state index contributed by atoms with van der Waals surface area (Å²) < 4.78 is 22.5. The van der Waals surface area contributed by atoms with Crippen molar-refractivity contribution >= 4 is 11.8 Å². The first-order chi connectivity index (χ1) is 16.8. The number of imide groups is 1. The number of nitrogens with zero attached hydrogens (tertiary/aromatic N) is 1. The predicted octanol–water partition coefficient (Wildman–Crippen LogP) is 4.24. The number of hydrogen-bond donors (Lipinski definition) is 0. The molecule has 7 nitrogen and oxygen atoms in total. The van der Waals surface area contributed by atoms with E-state index in [1.165, 1.54) is 11.3 Å². The monoisotopic (exact) mass is 467 g/mol. The van der Waals surface area contributed by atoms with Crippen molar-refractivity contribution in [2.45, 2.75) is 44.8 Å². The van der Waals surface area contributed by atoms with Crippen LogP contribution in [0.5, 0.6) is 5.75 Å². The zero-order valence-corrected chi connectivity index (χ0v) is 19.6. The van der Waals surface area contributed by atoms with Gasteiger partial charge in [-0.3, -0.25) is 14.5 Å². The highest BCUT2D eigenvalue weighted by Gasteiger charge is 2.42. The first-order valence-corrected chi connectivity index (χ1v) is 12.2. The molecular formula is C27H33NO6. The average molecular weight is 468 g/mol. The molecule has 0 unspecified atom stereocenters. The highest BCUT2D eigenvalue weighted by Crippen LogP contribution is 2.35. The molecule has 1 fully saturated rings. The van der Waals surface area contributed by atoms with Crippen LogP contribution in [0.3, 0.4) is 0 Å². The number of fused-ring (bicyclic) bond motifs is 1. The summed E-state index contributed by atoms with van der Waals surface area (Å²) in [6.07, 6.45) is 5.06. The Labute approximate surface area is 200 Å². The molecule has 1 aliphatic carbocycles. The molecule has 0 radical (unpaired) electrons. The van der Waals surface area contributed by atoms with Crippen LogP contribution in [0.2, 0.25) is 0 Å².